The van der Waals surface area contributed by atoms with Gasteiger partial charge in [0.1, 0.15) is 5.75 Å². The summed E-state index contributed by atoms with van der Waals surface area (Å²) in [5, 5.41) is 0. The molecule has 2 unspecified atom stereocenters. The number of rotatable bonds is 7. The van der Waals surface area contributed by atoms with Gasteiger partial charge in [-0.15, -0.1) is 0 Å². The molecule has 0 amide bonds. The molecule has 0 spiro atoms. The second-order valence-corrected chi connectivity index (χ2v) is 6.40. The van der Waals surface area contributed by atoms with Crippen LogP contribution in [0.15, 0.2) is 18.2 Å². The molecule has 1 aliphatic heterocycles. The maximum absolute atomic E-state index is 12.6. The van der Waals surface area contributed by atoms with Crippen LogP contribution >= 0.6 is 0 Å². The van der Waals surface area contributed by atoms with Gasteiger partial charge in [0.25, 0.3) is 0 Å². The molecular weight excluding hydrogens is 290 g/mol. The van der Waals surface area contributed by atoms with E-state index in [9.17, 15) is 4.79 Å². The Morgan fingerprint density at radius 1 is 1.26 bits per heavy atom. The third-order valence-corrected chi connectivity index (χ3v) is 4.09. The first-order valence-corrected chi connectivity index (χ1v) is 8.70. The summed E-state index contributed by atoms with van der Waals surface area (Å²) in [5.74, 6) is 1.07. The molecule has 0 aliphatic carbocycles. The van der Waals surface area contributed by atoms with E-state index in [2.05, 4.69) is 32.6 Å². The Morgan fingerprint density at radius 3 is 2.57 bits per heavy atom. The number of aryl methyl sites for hydroxylation is 1. The number of ketones is 1. The molecule has 1 aliphatic rings. The summed E-state index contributed by atoms with van der Waals surface area (Å²) in [7, 11) is 0. The first-order valence-electron chi connectivity index (χ1n) is 8.70. The first kappa shape index (κ1) is 18.0. The lowest BCUT2D eigenvalue weighted by molar-refractivity contribution is -0.0652. The summed E-state index contributed by atoms with van der Waals surface area (Å²) >= 11 is 0. The van der Waals surface area contributed by atoms with E-state index in [1.165, 1.54) is 0 Å². The summed E-state index contributed by atoms with van der Waals surface area (Å²) in [6.45, 7) is 11.1. The SMILES string of the molecule is CCCOc1ccc(C(=O)CN2CC(C)OC(C)C2)cc1CC. The van der Waals surface area contributed by atoms with Crippen LogP contribution in [0.3, 0.4) is 0 Å². The monoisotopic (exact) mass is 319 g/mol. The average molecular weight is 319 g/mol. The highest BCUT2D eigenvalue weighted by Gasteiger charge is 2.24. The molecule has 23 heavy (non-hydrogen) atoms. The van der Waals surface area contributed by atoms with Crippen molar-refractivity contribution >= 4 is 5.78 Å². The van der Waals surface area contributed by atoms with Crippen molar-refractivity contribution in [1.29, 1.82) is 0 Å². The highest BCUT2D eigenvalue weighted by molar-refractivity contribution is 5.98. The highest BCUT2D eigenvalue weighted by Crippen LogP contribution is 2.22. The number of Topliss-reactive ketones (excluding diaryl/α,β-unsaturated/α-hetero) is 1. The summed E-state index contributed by atoms with van der Waals surface area (Å²) in [6.07, 6.45) is 2.22. The van der Waals surface area contributed by atoms with Crippen molar-refractivity contribution in [2.24, 2.45) is 0 Å². The van der Waals surface area contributed by atoms with Crippen LogP contribution in [0, 0.1) is 0 Å². The van der Waals surface area contributed by atoms with Gasteiger partial charge in [-0.2, -0.15) is 0 Å². The number of carbonyl (C=O) groups is 1. The van der Waals surface area contributed by atoms with Crippen LogP contribution in [0.2, 0.25) is 0 Å². The van der Waals surface area contributed by atoms with E-state index < -0.39 is 0 Å². The topological polar surface area (TPSA) is 38.8 Å². The predicted molar refractivity (Wildman–Crippen MR) is 92.4 cm³/mol. The summed E-state index contributed by atoms with van der Waals surface area (Å²) in [5.41, 5.74) is 1.88. The minimum absolute atomic E-state index is 0.169. The van der Waals surface area contributed by atoms with E-state index >= 15 is 0 Å². The third-order valence-electron chi connectivity index (χ3n) is 4.09. The van der Waals surface area contributed by atoms with Crippen molar-refractivity contribution in [1.82, 2.24) is 4.90 Å². The minimum atomic E-state index is 0.169. The lowest BCUT2D eigenvalue weighted by Crippen LogP contribution is -2.47. The van der Waals surface area contributed by atoms with E-state index in [1.807, 2.05) is 18.2 Å². The van der Waals surface area contributed by atoms with Crippen LogP contribution in [-0.2, 0) is 11.2 Å². The van der Waals surface area contributed by atoms with Crippen LogP contribution in [0.25, 0.3) is 0 Å². The van der Waals surface area contributed by atoms with E-state index in [4.69, 9.17) is 9.47 Å². The van der Waals surface area contributed by atoms with Gasteiger partial charge in [-0.3, -0.25) is 9.69 Å². The van der Waals surface area contributed by atoms with Crippen LogP contribution in [0.1, 0.15) is 50.0 Å². The zero-order valence-corrected chi connectivity index (χ0v) is 14.8. The Balaban J connectivity index is 2.04. The Morgan fingerprint density at radius 2 is 1.96 bits per heavy atom. The van der Waals surface area contributed by atoms with Crippen molar-refractivity contribution in [3.8, 4) is 5.75 Å². The molecule has 128 valence electrons. The molecule has 1 saturated heterocycles. The molecule has 2 rings (SSSR count). The van der Waals surface area contributed by atoms with Crippen molar-refractivity contribution in [2.45, 2.75) is 52.7 Å². The van der Waals surface area contributed by atoms with Gasteiger partial charge >= 0.3 is 0 Å². The second kappa shape index (κ2) is 8.46. The van der Waals surface area contributed by atoms with E-state index in [-0.39, 0.29) is 18.0 Å². The highest BCUT2D eigenvalue weighted by atomic mass is 16.5. The Kier molecular flexibility index (Phi) is 6.60. The number of morpholine rings is 1. The molecule has 4 nitrogen and oxygen atoms in total. The molecule has 4 heteroatoms. The maximum Gasteiger partial charge on any atom is 0.176 e. The fourth-order valence-electron chi connectivity index (χ4n) is 3.09. The minimum Gasteiger partial charge on any atom is -0.493 e. The van der Waals surface area contributed by atoms with Crippen LogP contribution in [0.5, 0.6) is 5.75 Å². The molecule has 0 aromatic heterocycles. The molecule has 1 fully saturated rings. The fraction of sp³-hybridized carbons (Fsp3) is 0.632. The number of carbonyl (C=O) groups excluding carboxylic acids is 1. The van der Waals surface area contributed by atoms with Crippen molar-refractivity contribution in [2.75, 3.05) is 26.2 Å². The van der Waals surface area contributed by atoms with Gasteiger partial charge in [-0.1, -0.05) is 13.8 Å². The molecule has 2 atom stereocenters. The number of hydrogen-bond acceptors (Lipinski definition) is 4. The zero-order valence-electron chi connectivity index (χ0n) is 14.8. The Bertz CT molecular complexity index is 519. The van der Waals surface area contributed by atoms with E-state index in [0.29, 0.717) is 13.2 Å². The van der Waals surface area contributed by atoms with Crippen molar-refractivity contribution in [3.63, 3.8) is 0 Å². The standard InChI is InChI=1S/C19H29NO3/c1-5-9-22-19-8-7-17(10-16(19)6-2)18(21)13-20-11-14(3)23-15(4)12-20/h7-8,10,14-15H,5-6,9,11-13H2,1-4H3. The van der Waals surface area contributed by atoms with E-state index in [1.54, 1.807) is 0 Å². The van der Waals surface area contributed by atoms with E-state index in [0.717, 1.165) is 42.8 Å². The first-order chi connectivity index (χ1) is 11.0. The number of ether oxygens (including phenoxy) is 2. The summed E-state index contributed by atoms with van der Waals surface area (Å²) in [6, 6.07) is 5.81. The lowest BCUT2D eigenvalue weighted by atomic mass is 10.0. The molecule has 0 N–H and O–H groups in total. The van der Waals surface area contributed by atoms with Crippen molar-refractivity contribution < 1.29 is 14.3 Å². The maximum atomic E-state index is 12.6. The smallest absolute Gasteiger partial charge is 0.176 e. The number of hydrogen-bond donors (Lipinski definition) is 0. The Hall–Kier alpha value is -1.39. The van der Waals surface area contributed by atoms with Crippen molar-refractivity contribution in [3.05, 3.63) is 29.3 Å². The average Bonchev–Trinajstić information content (AvgIpc) is 2.51. The molecule has 1 heterocycles. The normalized spacial score (nSPS) is 22.1. The number of nitrogens with zero attached hydrogens (tertiary/aromatic N) is 1. The molecule has 0 bridgehead atoms. The van der Waals surface area contributed by atoms with Gasteiger partial charge in [-0.25, -0.2) is 0 Å². The van der Waals surface area contributed by atoms with Crippen LogP contribution in [-0.4, -0.2) is 49.1 Å². The molecular formula is C19H29NO3. The van der Waals surface area contributed by atoms with Crippen LogP contribution < -0.4 is 4.74 Å². The zero-order chi connectivity index (χ0) is 16.8. The van der Waals surface area contributed by atoms with Gasteiger partial charge in [0, 0.05) is 18.7 Å². The van der Waals surface area contributed by atoms with Gasteiger partial charge < -0.3 is 9.47 Å². The fourth-order valence-corrected chi connectivity index (χ4v) is 3.09. The van der Waals surface area contributed by atoms with Gasteiger partial charge in [0.15, 0.2) is 5.78 Å². The quantitative estimate of drug-likeness (QED) is 0.723. The predicted octanol–water partition coefficient (Wildman–Crippen LogP) is 3.33. The van der Waals surface area contributed by atoms with Crippen LogP contribution in [0.4, 0.5) is 0 Å². The lowest BCUT2D eigenvalue weighted by Gasteiger charge is -2.34. The second-order valence-electron chi connectivity index (χ2n) is 6.40. The van der Waals surface area contributed by atoms with Gasteiger partial charge in [0.05, 0.1) is 25.4 Å². The van der Waals surface area contributed by atoms with Gasteiger partial charge in [0.2, 0.25) is 0 Å². The molecule has 1 aromatic carbocycles. The summed E-state index contributed by atoms with van der Waals surface area (Å²) in [4.78, 5) is 14.8. The summed E-state index contributed by atoms with van der Waals surface area (Å²) < 4.78 is 11.5. The molecule has 1 aromatic rings. The largest absolute Gasteiger partial charge is 0.493 e. The molecule has 0 saturated carbocycles. The number of benzene rings is 1. The van der Waals surface area contributed by atoms with Gasteiger partial charge in [-0.05, 0) is 50.5 Å². The molecule has 0 radical (unpaired) electrons. The Labute approximate surface area is 139 Å². The third kappa shape index (κ3) is 5.05.